The molecular weight excluding hydrogens is 308 g/mol. The number of carboxylic acid groups (broad SMARTS) is 1. The topological polar surface area (TPSA) is 76.7 Å². The standard InChI is InChI=1S/C19H16O5/c1-12-15-8-7-14(23-11-18(20)21)10-17(15)24-19(22)16(12)9-13-5-3-2-4-6-13/h2-8,10H,9,11H2,1H3,(H,20,21). The highest BCUT2D eigenvalue weighted by molar-refractivity contribution is 5.82. The summed E-state index contributed by atoms with van der Waals surface area (Å²) in [6.45, 7) is 1.44. The minimum atomic E-state index is -1.06. The molecule has 3 rings (SSSR count). The molecule has 0 aliphatic carbocycles. The average molecular weight is 324 g/mol. The van der Waals surface area contributed by atoms with Gasteiger partial charge in [0, 0.05) is 23.4 Å². The molecule has 1 heterocycles. The van der Waals surface area contributed by atoms with E-state index in [0.717, 1.165) is 16.5 Å². The second kappa shape index (κ2) is 6.58. The second-order valence-electron chi connectivity index (χ2n) is 5.50. The van der Waals surface area contributed by atoms with Crippen molar-refractivity contribution < 1.29 is 19.1 Å². The van der Waals surface area contributed by atoms with Crippen molar-refractivity contribution in [1.29, 1.82) is 0 Å². The first-order valence-corrected chi connectivity index (χ1v) is 7.49. The van der Waals surface area contributed by atoms with Gasteiger partial charge < -0.3 is 14.3 Å². The number of ether oxygens (including phenoxy) is 1. The third-order valence-electron chi connectivity index (χ3n) is 3.84. The van der Waals surface area contributed by atoms with Crippen LogP contribution in [-0.2, 0) is 11.2 Å². The summed E-state index contributed by atoms with van der Waals surface area (Å²) < 4.78 is 10.5. The zero-order chi connectivity index (χ0) is 17.1. The smallest absolute Gasteiger partial charge is 0.341 e. The Morgan fingerprint density at radius 3 is 2.62 bits per heavy atom. The molecule has 0 amide bonds. The Bertz CT molecular complexity index is 941. The zero-order valence-electron chi connectivity index (χ0n) is 13.1. The van der Waals surface area contributed by atoms with E-state index in [1.54, 1.807) is 18.2 Å². The monoisotopic (exact) mass is 324 g/mol. The van der Waals surface area contributed by atoms with Crippen molar-refractivity contribution in [2.45, 2.75) is 13.3 Å². The summed E-state index contributed by atoms with van der Waals surface area (Å²) in [6.07, 6.45) is 0.502. The van der Waals surface area contributed by atoms with E-state index in [9.17, 15) is 9.59 Å². The highest BCUT2D eigenvalue weighted by Crippen LogP contribution is 2.25. The summed E-state index contributed by atoms with van der Waals surface area (Å²) >= 11 is 0. The molecule has 0 saturated heterocycles. The number of benzene rings is 2. The van der Waals surface area contributed by atoms with Gasteiger partial charge in [-0.2, -0.15) is 0 Å². The van der Waals surface area contributed by atoms with Gasteiger partial charge in [0.05, 0.1) is 0 Å². The molecule has 5 heteroatoms. The Morgan fingerprint density at radius 1 is 1.17 bits per heavy atom. The van der Waals surface area contributed by atoms with Gasteiger partial charge >= 0.3 is 11.6 Å². The van der Waals surface area contributed by atoms with Crippen LogP contribution in [0.5, 0.6) is 5.75 Å². The highest BCUT2D eigenvalue weighted by Gasteiger charge is 2.13. The molecule has 0 aliphatic rings. The van der Waals surface area contributed by atoms with Gasteiger partial charge in [-0.25, -0.2) is 9.59 Å². The first-order valence-electron chi connectivity index (χ1n) is 7.49. The predicted octanol–water partition coefficient (Wildman–Crippen LogP) is 3.16. The van der Waals surface area contributed by atoms with Crippen molar-refractivity contribution in [3.8, 4) is 5.75 Å². The van der Waals surface area contributed by atoms with Gasteiger partial charge in [0.25, 0.3) is 0 Å². The Labute approximate surface area is 138 Å². The maximum Gasteiger partial charge on any atom is 0.341 e. The fourth-order valence-electron chi connectivity index (χ4n) is 2.61. The molecule has 0 spiro atoms. The number of carboxylic acids is 1. The lowest BCUT2D eigenvalue weighted by Crippen LogP contribution is -2.11. The van der Waals surface area contributed by atoms with Crippen molar-refractivity contribution in [1.82, 2.24) is 0 Å². The Hall–Kier alpha value is -3.08. The number of aliphatic carboxylic acids is 1. The third kappa shape index (κ3) is 3.30. The molecule has 1 aromatic heterocycles. The number of carbonyl (C=O) groups is 1. The molecule has 0 atom stereocenters. The van der Waals surface area contributed by atoms with Crippen molar-refractivity contribution in [2.75, 3.05) is 6.61 Å². The van der Waals surface area contributed by atoms with Gasteiger partial charge in [-0.15, -0.1) is 0 Å². The van der Waals surface area contributed by atoms with Gasteiger partial charge in [0.2, 0.25) is 0 Å². The van der Waals surface area contributed by atoms with Crippen molar-refractivity contribution in [2.24, 2.45) is 0 Å². The Balaban J connectivity index is 2.00. The van der Waals surface area contributed by atoms with Crippen LogP contribution in [0.2, 0.25) is 0 Å². The van der Waals surface area contributed by atoms with Crippen LogP contribution in [0.4, 0.5) is 0 Å². The summed E-state index contributed by atoms with van der Waals surface area (Å²) in [4.78, 5) is 22.9. The largest absolute Gasteiger partial charge is 0.482 e. The van der Waals surface area contributed by atoms with E-state index in [1.807, 2.05) is 37.3 Å². The first kappa shape index (κ1) is 15.8. The van der Waals surface area contributed by atoms with Gasteiger partial charge in [0.15, 0.2) is 6.61 Å². The molecule has 3 aromatic rings. The number of fused-ring (bicyclic) bond motifs is 1. The van der Waals surface area contributed by atoms with Gasteiger partial charge in [0.1, 0.15) is 11.3 Å². The molecule has 2 aromatic carbocycles. The van der Waals surface area contributed by atoms with Gasteiger partial charge in [-0.3, -0.25) is 0 Å². The molecule has 0 saturated carbocycles. The summed E-state index contributed by atoms with van der Waals surface area (Å²) in [5.41, 5.74) is 2.51. The molecule has 5 nitrogen and oxygen atoms in total. The molecule has 0 aliphatic heterocycles. The Morgan fingerprint density at radius 2 is 1.92 bits per heavy atom. The number of rotatable bonds is 5. The van der Waals surface area contributed by atoms with Crippen LogP contribution in [0.1, 0.15) is 16.7 Å². The molecule has 122 valence electrons. The normalized spacial score (nSPS) is 10.7. The van der Waals surface area contributed by atoms with Crippen molar-refractivity contribution in [3.05, 3.63) is 75.6 Å². The van der Waals surface area contributed by atoms with Crippen LogP contribution >= 0.6 is 0 Å². The van der Waals surface area contributed by atoms with Gasteiger partial charge in [-0.05, 0) is 30.2 Å². The molecule has 24 heavy (non-hydrogen) atoms. The van der Waals surface area contributed by atoms with Crippen LogP contribution in [0.3, 0.4) is 0 Å². The van der Waals surface area contributed by atoms with E-state index in [4.69, 9.17) is 14.3 Å². The van der Waals surface area contributed by atoms with E-state index < -0.39 is 12.6 Å². The summed E-state index contributed by atoms with van der Waals surface area (Å²) in [7, 11) is 0. The van der Waals surface area contributed by atoms with Crippen molar-refractivity contribution >= 4 is 16.9 Å². The van der Waals surface area contributed by atoms with Crippen LogP contribution in [-0.4, -0.2) is 17.7 Å². The average Bonchev–Trinajstić information content (AvgIpc) is 2.57. The lowest BCUT2D eigenvalue weighted by atomic mass is 10.00. The molecular formula is C19H16O5. The van der Waals surface area contributed by atoms with Crippen LogP contribution in [0, 0.1) is 6.92 Å². The quantitative estimate of drug-likeness (QED) is 0.730. The third-order valence-corrected chi connectivity index (χ3v) is 3.84. The van der Waals surface area contributed by atoms with E-state index in [0.29, 0.717) is 23.3 Å². The maximum atomic E-state index is 12.3. The zero-order valence-corrected chi connectivity index (χ0v) is 13.1. The highest BCUT2D eigenvalue weighted by atomic mass is 16.5. The second-order valence-corrected chi connectivity index (χ2v) is 5.50. The lowest BCUT2D eigenvalue weighted by molar-refractivity contribution is -0.139. The molecule has 0 bridgehead atoms. The van der Waals surface area contributed by atoms with E-state index in [1.165, 1.54) is 0 Å². The van der Waals surface area contributed by atoms with E-state index >= 15 is 0 Å². The fourth-order valence-corrected chi connectivity index (χ4v) is 2.61. The molecule has 0 unspecified atom stereocenters. The van der Waals surface area contributed by atoms with E-state index in [-0.39, 0.29) is 5.63 Å². The van der Waals surface area contributed by atoms with Gasteiger partial charge in [-0.1, -0.05) is 30.3 Å². The molecule has 1 N–H and O–H groups in total. The molecule has 0 radical (unpaired) electrons. The number of aryl methyl sites for hydroxylation is 1. The van der Waals surface area contributed by atoms with Crippen LogP contribution in [0.15, 0.2) is 57.7 Å². The fraction of sp³-hybridized carbons (Fsp3) is 0.158. The maximum absolute atomic E-state index is 12.3. The van der Waals surface area contributed by atoms with E-state index in [2.05, 4.69) is 0 Å². The summed E-state index contributed by atoms with van der Waals surface area (Å²) in [5, 5.41) is 9.46. The number of hydrogen-bond donors (Lipinski definition) is 1. The number of hydrogen-bond acceptors (Lipinski definition) is 4. The SMILES string of the molecule is Cc1c(Cc2ccccc2)c(=O)oc2cc(OCC(=O)O)ccc12. The lowest BCUT2D eigenvalue weighted by Gasteiger charge is -2.09. The minimum absolute atomic E-state index is 0.350. The Kier molecular flexibility index (Phi) is 4.33. The molecule has 0 fully saturated rings. The summed E-state index contributed by atoms with van der Waals surface area (Å²) in [6, 6.07) is 14.7. The van der Waals surface area contributed by atoms with Crippen LogP contribution < -0.4 is 10.4 Å². The minimum Gasteiger partial charge on any atom is -0.482 e. The van der Waals surface area contributed by atoms with Crippen molar-refractivity contribution in [3.63, 3.8) is 0 Å². The first-order chi connectivity index (χ1) is 11.5. The van der Waals surface area contributed by atoms with Crippen LogP contribution in [0.25, 0.3) is 11.0 Å². The predicted molar refractivity (Wildman–Crippen MR) is 89.6 cm³/mol. The summed E-state index contributed by atoms with van der Waals surface area (Å²) in [5.74, 6) is -0.714.